The van der Waals surface area contributed by atoms with E-state index < -0.39 is 24.4 Å². The number of fused-ring (bicyclic) bond motifs is 3. The molecule has 0 saturated carbocycles. The second-order valence-corrected chi connectivity index (χ2v) is 9.96. The Morgan fingerprint density at radius 1 is 1.06 bits per heavy atom. The summed E-state index contributed by atoms with van der Waals surface area (Å²) in [4.78, 5) is 20.1. The van der Waals surface area contributed by atoms with Crippen molar-refractivity contribution in [3.8, 4) is 11.1 Å². The van der Waals surface area contributed by atoms with Gasteiger partial charge in [-0.05, 0) is 61.5 Å². The number of carbonyl (C=O) groups excluding carboxylic acids is 1. The molecule has 35 heavy (non-hydrogen) atoms. The zero-order valence-electron chi connectivity index (χ0n) is 20.5. The predicted molar refractivity (Wildman–Crippen MR) is 136 cm³/mol. The van der Waals surface area contributed by atoms with Crippen molar-refractivity contribution >= 4 is 19.3 Å². The summed E-state index contributed by atoms with van der Waals surface area (Å²) < 4.78 is 18.1. The van der Waals surface area contributed by atoms with Crippen LogP contribution in [0.1, 0.15) is 50.6 Å². The normalized spacial score (nSPS) is 18.3. The lowest BCUT2D eigenvalue weighted by Gasteiger charge is -2.32. The van der Waals surface area contributed by atoms with Crippen molar-refractivity contribution in [1.82, 2.24) is 15.3 Å². The molecule has 1 aromatic heterocycles. The molecule has 1 aliphatic carbocycles. The zero-order chi connectivity index (χ0) is 24.6. The number of nitrogens with one attached hydrogen (secondary N) is 2. The van der Waals surface area contributed by atoms with Gasteiger partial charge in [-0.1, -0.05) is 48.5 Å². The molecule has 0 bridgehead atoms. The maximum absolute atomic E-state index is 12.7. The fraction of sp³-hybridized carbons (Fsp3) is 0.333. The third kappa shape index (κ3) is 4.51. The highest BCUT2D eigenvalue weighted by Crippen LogP contribution is 2.44. The number of aromatic nitrogens is 2. The third-order valence-electron chi connectivity index (χ3n) is 7.18. The second-order valence-electron chi connectivity index (χ2n) is 9.96. The van der Waals surface area contributed by atoms with E-state index in [0.29, 0.717) is 5.82 Å². The largest absolute Gasteiger partial charge is 0.492 e. The zero-order valence-corrected chi connectivity index (χ0v) is 20.5. The molecule has 0 unspecified atom stereocenters. The van der Waals surface area contributed by atoms with Crippen LogP contribution in [0.25, 0.3) is 17.2 Å². The number of hydrogen-bond donors (Lipinski definition) is 2. The van der Waals surface area contributed by atoms with E-state index in [4.69, 9.17) is 14.0 Å². The molecule has 1 saturated heterocycles. The Morgan fingerprint density at radius 3 is 2.23 bits per heavy atom. The van der Waals surface area contributed by atoms with Crippen molar-refractivity contribution in [3.05, 3.63) is 83.3 Å². The van der Waals surface area contributed by atoms with Gasteiger partial charge in [0.25, 0.3) is 0 Å². The molecule has 1 fully saturated rings. The quantitative estimate of drug-likeness (QED) is 0.497. The van der Waals surface area contributed by atoms with Crippen LogP contribution >= 0.6 is 0 Å². The first-order valence-corrected chi connectivity index (χ1v) is 11.9. The number of alkyl carbamates (subject to hydrolysis) is 1. The SMILES string of the molecule is CC1(C)OB(C(=Cc2ncc[nH]2)CNC(=O)OCC2c3ccccc3-c3ccccc32)OC1(C)C. The summed E-state index contributed by atoms with van der Waals surface area (Å²) in [5.74, 6) is 0.665. The first kappa shape index (κ1) is 23.4. The lowest BCUT2D eigenvalue weighted by molar-refractivity contribution is 0.00578. The minimum atomic E-state index is -0.612. The molecule has 3 aromatic rings. The summed E-state index contributed by atoms with van der Waals surface area (Å²) in [5, 5.41) is 2.87. The molecular formula is C27H30BN3O4. The maximum atomic E-state index is 12.7. The van der Waals surface area contributed by atoms with Gasteiger partial charge in [0.2, 0.25) is 0 Å². The molecule has 5 rings (SSSR count). The van der Waals surface area contributed by atoms with E-state index >= 15 is 0 Å². The van der Waals surface area contributed by atoms with Gasteiger partial charge < -0.3 is 24.3 Å². The van der Waals surface area contributed by atoms with E-state index in [9.17, 15) is 4.79 Å². The van der Waals surface area contributed by atoms with E-state index in [0.717, 1.165) is 5.47 Å². The third-order valence-corrected chi connectivity index (χ3v) is 7.18. The number of amides is 1. The number of benzene rings is 2. The molecular weight excluding hydrogens is 441 g/mol. The Labute approximate surface area is 206 Å². The molecule has 0 atom stereocenters. The Morgan fingerprint density at radius 2 is 1.66 bits per heavy atom. The molecule has 2 heterocycles. The lowest BCUT2D eigenvalue weighted by atomic mass is 9.77. The molecule has 1 amide bonds. The van der Waals surface area contributed by atoms with Gasteiger partial charge in [0.15, 0.2) is 0 Å². The van der Waals surface area contributed by atoms with E-state index in [1.165, 1.54) is 22.3 Å². The summed E-state index contributed by atoms with van der Waals surface area (Å²) in [6, 6.07) is 16.5. The molecule has 180 valence electrons. The van der Waals surface area contributed by atoms with Crippen molar-refractivity contribution in [2.24, 2.45) is 0 Å². The van der Waals surface area contributed by atoms with Crippen LogP contribution in [0, 0.1) is 0 Å². The van der Waals surface area contributed by atoms with E-state index in [1.807, 2.05) is 58.0 Å². The van der Waals surface area contributed by atoms with Gasteiger partial charge in [-0.2, -0.15) is 0 Å². The lowest BCUT2D eigenvalue weighted by Crippen LogP contribution is -2.41. The molecule has 1 aliphatic heterocycles. The molecule has 2 N–H and O–H groups in total. The van der Waals surface area contributed by atoms with Gasteiger partial charge in [-0.25, -0.2) is 9.78 Å². The van der Waals surface area contributed by atoms with Crippen LogP contribution in [0.2, 0.25) is 0 Å². The smallest absolute Gasteiger partial charge is 0.449 e. The second kappa shape index (κ2) is 9.02. The highest BCUT2D eigenvalue weighted by molar-refractivity contribution is 6.55. The number of nitrogens with zero attached hydrogens (tertiary/aromatic N) is 1. The van der Waals surface area contributed by atoms with Crippen LogP contribution in [-0.4, -0.2) is 47.5 Å². The van der Waals surface area contributed by atoms with Crippen LogP contribution < -0.4 is 5.32 Å². The average Bonchev–Trinajstić information content (AvgIpc) is 3.50. The molecule has 7 nitrogen and oxygen atoms in total. The van der Waals surface area contributed by atoms with Crippen molar-refractivity contribution in [1.29, 1.82) is 0 Å². The number of ether oxygens (including phenoxy) is 1. The fourth-order valence-corrected chi connectivity index (χ4v) is 4.55. The Kier molecular flexibility index (Phi) is 6.03. The van der Waals surface area contributed by atoms with E-state index in [2.05, 4.69) is 39.6 Å². The standard InChI is InChI=1S/C27H30BN3O4/c1-26(2)27(3,4)35-28(34-26)18(15-24-29-13-14-30-24)16-31-25(32)33-17-23-21-11-7-5-9-19(21)20-10-6-8-12-22(20)23/h5-15,23H,16-17H2,1-4H3,(H,29,30)(H,31,32). The Balaban J connectivity index is 1.26. The monoisotopic (exact) mass is 471 g/mol. The van der Waals surface area contributed by atoms with E-state index in [-0.39, 0.29) is 19.1 Å². The van der Waals surface area contributed by atoms with Crippen molar-refractivity contribution in [2.75, 3.05) is 13.2 Å². The fourth-order valence-electron chi connectivity index (χ4n) is 4.55. The topological polar surface area (TPSA) is 85.5 Å². The highest BCUT2D eigenvalue weighted by atomic mass is 16.7. The van der Waals surface area contributed by atoms with Crippen LogP contribution in [0.15, 0.2) is 66.4 Å². The van der Waals surface area contributed by atoms with Gasteiger partial charge in [0, 0.05) is 24.9 Å². The molecule has 2 aliphatic rings. The van der Waals surface area contributed by atoms with Crippen LogP contribution in [0.5, 0.6) is 0 Å². The maximum Gasteiger partial charge on any atom is 0.492 e. The number of aromatic amines is 1. The number of imidazole rings is 1. The van der Waals surface area contributed by atoms with E-state index in [1.54, 1.807) is 12.4 Å². The van der Waals surface area contributed by atoms with Gasteiger partial charge >= 0.3 is 13.2 Å². The summed E-state index contributed by atoms with van der Waals surface area (Å²) in [7, 11) is -0.612. The Bertz CT molecular complexity index is 1190. The number of rotatable bonds is 6. The minimum Gasteiger partial charge on any atom is -0.449 e. The first-order valence-electron chi connectivity index (χ1n) is 11.9. The number of H-pyrrole nitrogens is 1. The van der Waals surface area contributed by atoms with Gasteiger partial charge in [-0.15, -0.1) is 0 Å². The number of carbonyl (C=O) groups is 1. The summed E-state index contributed by atoms with van der Waals surface area (Å²) in [5.41, 5.74) is 4.50. The van der Waals surface area contributed by atoms with Crippen molar-refractivity contribution < 1.29 is 18.8 Å². The number of hydrogen-bond acceptors (Lipinski definition) is 5. The average molecular weight is 471 g/mol. The van der Waals surface area contributed by atoms with Crippen molar-refractivity contribution in [3.63, 3.8) is 0 Å². The molecule has 2 aromatic carbocycles. The minimum absolute atomic E-state index is 0.00868. The molecule has 8 heteroatoms. The predicted octanol–water partition coefficient (Wildman–Crippen LogP) is 4.96. The summed E-state index contributed by atoms with van der Waals surface area (Å²) in [6.07, 6.45) is 4.76. The van der Waals surface area contributed by atoms with Gasteiger partial charge in [-0.3, -0.25) is 0 Å². The molecule has 0 radical (unpaired) electrons. The summed E-state index contributed by atoms with van der Waals surface area (Å²) >= 11 is 0. The first-order chi connectivity index (χ1) is 16.7. The van der Waals surface area contributed by atoms with Gasteiger partial charge in [0.1, 0.15) is 12.4 Å². The van der Waals surface area contributed by atoms with Gasteiger partial charge in [0.05, 0.1) is 11.2 Å². The highest BCUT2D eigenvalue weighted by Gasteiger charge is 2.52. The van der Waals surface area contributed by atoms with Crippen LogP contribution in [0.3, 0.4) is 0 Å². The Hall–Kier alpha value is -3.36. The van der Waals surface area contributed by atoms with Crippen molar-refractivity contribution in [2.45, 2.75) is 44.8 Å². The summed E-state index contributed by atoms with van der Waals surface area (Å²) in [6.45, 7) is 8.45. The molecule has 0 spiro atoms. The van der Waals surface area contributed by atoms with Crippen LogP contribution in [-0.2, 0) is 14.0 Å². The van der Waals surface area contributed by atoms with Crippen LogP contribution in [0.4, 0.5) is 4.79 Å².